The minimum atomic E-state index is -0.254. The summed E-state index contributed by atoms with van der Waals surface area (Å²) in [4.78, 5) is 0. The van der Waals surface area contributed by atoms with E-state index in [0.717, 1.165) is 14.5 Å². The molecule has 2 rings (SSSR count). The Kier molecular flexibility index (Phi) is 3.41. The van der Waals surface area contributed by atoms with Crippen molar-refractivity contribution in [1.29, 1.82) is 0 Å². The lowest BCUT2D eigenvalue weighted by atomic mass is 10.2. The molecule has 0 amide bonds. The van der Waals surface area contributed by atoms with Crippen molar-refractivity contribution in [3.8, 4) is 11.5 Å². The van der Waals surface area contributed by atoms with Crippen LogP contribution in [0.4, 0.5) is 0 Å². The van der Waals surface area contributed by atoms with Crippen LogP contribution in [0.3, 0.4) is 0 Å². The molecule has 2 aromatic rings. The monoisotopic (exact) mass is 345 g/mol. The van der Waals surface area contributed by atoms with Crippen LogP contribution in [-0.2, 0) is 0 Å². The van der Waals surface area contributed by atoms with Gasteiger partial charge < -0.3 is 10.2 Å². The van der Waals surface area contributed by atoms with Crippen LogP contribution in [0.15, 0.2) is 31.6 Å². The molecule has 16 heavy (non-hydrogen) atoms. The summed E-state index contributed by atoms with van der Waals surface area (Å²) in [5, 5.41) is 7.84. The topological polar surface area (TPSA) is 64.9 Å². The van der Waals surface area contributed by atoms with Gasteiger partial charge in [0.15, 0.2) is 0 Å². The van der Waals surface area contributed by atoms with Crippen LogP contribution in [0, 0.1) is 0 Å². The number of nitrogens with zero attached hydrogens (tertiary/aromatic N) is 2. The first-order valence-corrected chi connectivity index (χ1v) is 6.21. The number of nitrogens with two attached hydrogens (primary N) is 1. The summed E-state index contributed by atoms with van der Waals surface area (Å²) in [5.41, 5.74) is 6.50. The highest BCUT2D eigenvalue weighted by Gasteiger charge is 2.13. The van der Waals surface area contributed by atoms with Gasteiger partial charge in [-0.25, -0.2) is 0 Å². The molecule has 84 valence electrons. The molecule has 1 aromatic heterocycles. The normalized spacial score (nSPS) is 12.8. The number of hydrogen-bond donors (Lipinski definition) is 1. The second-order valence-electron chi connectivity index (χ2n) is 3.36. The Labute approximate surface area is 109 Å². The van der Waals surface area contributed by atoms with E-state index >= 15 is 0 Å². The number of benzene rings is 1. The molecule has 0 aliphatic heterocycles. The van der Waals surface area contributed by atoms with Crippen LogP contribution >= 0.6 is 31.9 Å². The van der Waals surface area contributed by atoms with Crippen molar-refractivity contribution in [2.45, 2.75) is 13.0 Å². The Morgan fingerprint density at radius 3 is 2.62 bits per heavy atom. The Balaban J connectivity index is 2.42. The van der Waals surface area contributed by atoms with Gasteiger partial charge in [-0.2, -0.15) is 0 Å². The Morgan fingerprint density at radius 2 is 2.06 bits per heavy atom. The predicted molar refractivity (Wildman–Crippen MR) is 67.7 cm³/mol. The zero-order valence-electron chi connectivity index (χ0n) is 8.45. The average molecular weight is 347 g/mol. The maximum absolute atomic E-state index is 5.65. The summed E-state index contributed by atoms with van der Waals surface area (Å²) in [6.07, 6.45) is 0. The van der Waals surface area contributed by atoms with Crippen molar-refractivity contribution in [2.24, 2.45) is 5.73 Å². The zero-order valence-corrected chi connectivity index (χ0v) is 11.6. The molecule has 0 aliphatic carbocycles. The first kappa shape index (κ1) is 11.8. The molecule has 6 heteroatoms. The smallest absolute Gasteiger partial charge is 0.248 e. The molecule has 0 saturated carbocycles. The van der Waals surface area contributed by atoms with Gasteiger partial charge in [0, 0.05) is 8.95 Å². The molecule has 0 bridgehead atoms. The van der Waals surface area contributed by atoms with Gasteiger partial charge in [0.1, 0.15) is 0 Å². The van der Waals surface area contributed by atoms with Gasteiger partial charge in [0.25, 0.3) is 0 Å². The second kappa shape index (κ2) is 4.65. The van der Waals surface area contributed by atoms with Gasteiger partial charge >= 0.3 is 0 Å². The zero-order chi connectivity index (χ0) is 11.7. The van der Waals surface area contributed by atoms with E-state index < -0.39 is 0 Å². The highest BCUT2D eigenvalue weighted by molar-refractivity contribution is 9.11. The Morgan fingerprint density at radius 1 is 1.31 bits per heavy atom. The van der Waals surface area contributed by atoms with Crippen LogP contribution in [0.2, 0.25) is 0 Å². The number of hydrogen-bond acceptors (Lipinski definition) is 4. The van der Waals surface area contributed by atoms with E-state index in [1.807, 2.05) is 18.2 Å². The fourth-order valence-corrected chi connectivity index (χ4v) is 2.41. The molecule has 1 atom stereocenters. The molecule has 0 spiro atoms. The molecule has 4 nitrogen and oxygen atoms in total. The fourth-order valence-electron chi connectivity index (χ4n) is 1.19. The van der Waals surface area contributed by atoms with Crippen molar-refractivity contribution in [3.63, 3.8) is 0 Å². The summed E-state index contributed by atoms with van der Waals surface area (Å²) < 4.78 is 7.33. The van der Waals surface area contributed by atoms with E-state index in [1.54, 1.807) is 6.92 Å². The van der Waals surface area contributed by atoms with Crippen LogP contribution < -0.4 is 5.73 Å². The minimum absolute atomic E-state index is 0.254. The van der Waals surface area contributed by atoms with Crippen molar-refractivity contribution in [1.82, 2.24) is 10.2 Å². The number of halogens is 2. The summed E-state index contributed by atoms with van der Waals surface area (Å²) in [6, 6.07) is 5.48. The molecule has 0 radical (unpaired) electrons. The van der Waals surface area contributed by atoms with E-state index in [0.29, 0.717) is 11.8 Å². The van der Waals surface area contributed by atoms with Crippen molar-refractivity contribution < 1.29 is 4.42 Å². The van der Waals surface area contributed by atoms with E-state index in [9.17, 15) is 0 Å². The van der Waals surface area contributed by atoms with Gasteiger partial charge in [-0.3, -0.25) is 0 Å². The van der Waals surface area contributed by atoms with Gasteiger partial charge in [0.05, 0.1) is 11.6 Å². The molecule has 0 aliphatic rings. The lowest BCUT2D eigenvalue weighted by molar-refractivity contribution is 0.473. The molecule has 1 heterocycles. The molecule has 0 saturated heterocycles. The van der Waals surface area contributed by atoms with Crippen molar-refractivity contribution in [3.05, 3.63) is 33.0 Å². The number of aromatic nitrogens is 2. The fraction of sp³-hybridized carbons (Fsp3) is 0.200. The van der Waals surface area contributed by atoms with Crippen LogP contribution in [-0.4, -0.2) is 10.2 Å². The van der Waals surface area contributed by atoms with Crippen molar-refractivity contribution in [2.75, 3.05) is 0 Å². The maximum atomic E-state index is 5.65. The second-order valence-corrected chi connectivity index (χ2v) is 5.13. The highest BCUT2D eigenvalue weighted by atomic mass is 79.9. The summed E-state index contributed by atoms with van der Waals surface area (Å²) in [5.74, 6) is 0.900. The standard InChI is InChI=1S/C10H9Br2N3O/c1-5(13)9-14-15-10(16-9)7-3-2-6(11)4-8(7)12/h2-5H,13H2,1H3. The molecule has 1 aromatic carbocycles. The van der Waals surface area contributed by atoms with E-state index in [4.69, 9.17) is 10.2 Å². The van der Waals surface area contributed by atoms with E-state index in [-0.39, 0.29) is 6.04 Å². The molecular weight excluding hydrogens is 338 g/mol. The molecular formula is C10H9Br2N3O. The first-order valence-electron chi connectivity index (χ1n) is 4.62. The third-order valence-corrected chi connectivity index (χ3v) is 3.14. The minimum Gasteiger partial charge on any atom is -0.419 e. The molecule has 0 fully saturated rings. The summed E-state index contributed by atoms with van der Waals surface area (Å²) in [7, 11) is 0. The largest absolute Gasteiger partial charge is 0.419 e. The Hall–Kier alpha value is -0.720. The van der Waals surface area contributed by atoms with Crippen molar-refractivity contribution >= 4 is 31.9 Å². The van der Waals surface area contributed by atoms with Gasteiger partial charge in [-0.15, -0.1) is 10.2 Å². The molecule has 1 unspecified atom stereocenters. The summed E-state index contributed by atoms with van der Waals surface area (Å²) in [6.45, 7) is 1.80. The summed E-state index contributed by atoms with van der Waals surface area (Å²) >= 11 is 6.82. The van der Waals surface area contributed by atoms with Crippen LogP contribution in [0.5, 0.6) is 0 Å². The lowest BCUT2D eigenvalue weighted by Gasteiger charge is -2.00. The van der Waals surface area contributed by atoms with Crippen LogP contribution in [0.1, 0.15) is 18.9 Å². The highest BCUT2D eigenvalue weighted by Crippen LogP contribution is 2.30. The van der Waals surface area contributed by atoms with E-state index in [2.05, 4.69) is 42.1 Å². The quantitative estimate of drug-likeness (QED) is 0.906. The maximum Gasteiger partial charge on any atom is 0.248 e. The van der Waals surface area contributed by atoms with Gasteiger partial charge in [-0.1, -0.05) is 15.9 Å². The predicted octanol–water partition coefficient (Wildman–Crippen LogP) is 3.28. The lowest BCUT2D eigenvalue weighted by Crippen LogP contribution is -2.04. The number of rotatable bonds is 2. The third kappa shape index (κ3) is 2.34. The third-order valence-electron chi connectivity index (χ3n) is 1.99. The van der Waals surface area contributed by atoms with Gasteiger partial charge in [-0.05, 0) is 41.1 Å². The van der Waals surface area contributed by atoms with Crippen LogP contribution in [0.25, 0.3) is 11.5 Å². The van der Waals surface area contributed by atoms with Gasteiger partial charge in [0.2, 0.25) is 11.8 Å². The first-order chi connectivity index (χ1) is 7.58. The average Bonchev–Trinajstić information content (AvgIpc) is 2.66. The van der Waals surface area contributed by atoms with E-state index in [1.165, 1.54) is 0 Å². The molecule has 2 N–H and O–H groups in total. The SMILES string of the molecule is CC(N)c1nnc(-c2ccc(Br)cc2Br)o1. The Bertz CT molecular complexity index is 511.